The number of hydrogen-bond donors (Lipinski definition) is 1. The molecule has 0 fully saturated rings. The van der Waals surface area contributed by atoms with Gasteiger partial charge < -0.3 is 4.74 Å². The van der Waals surface area contributed by atoms with Gasteiger partial charge in [0.25, 0.3) is 0 Å². The average molecular weight is 228 g/mol. The Kier molecular flexibility index (Phi) is 5.18. The minimum absolute atomic E-state index is 0.325. The zero-order valence-electron chi connectivity index (χ0n) is 8.81. The Morgan fingerprint density at radius 2 is 1.80 bits per heavy atom. The Balaban J connectivity index is 2.43. The molecule has 0 unspecified atom stereocenters. The minimum Gasteiger partial charge on any atom is -0.494 e. The van der Waals surface area contributed by atoms with Crippen LogP contribution in [0.4, 0.5) is 0 Å². The number of rotatable bonds is 6. The monoisotopic (exact) mass is 228 g/mol. The molecule has 84 valence electrons. The van der Waals surface area contributed by atoms with E-state index in [4.69, 9.17) is 4.74 Å². The largest absolute Gasteiger partial charge is 0.494 e. The fraction of sp³-hybridized carbons (Fsp3) is 0.455. The van der Waals surface area contributed by atoms with Crippen LogP contribution in [0.15, 0.2) is 29.2 Å². The van der Waals surface area contributed by atoms with Crippen LogP contribution in [0.25, 0.3) is 0 Å². The van der Waals surface area contributed by atoms with Gasteiger partial charge in [0.15, 0.2) is 10.7 Å². The second kappa shape index (κ2) is 6.45. The van der Waals surface area contributed by atoms with E-state index in [0.29, 0.717) is 11.5 Å². The van der Waals surface area contributed by atoms with Crippen LogP contribution in [-0.4, -0.2) is 15.0 Å². The van der Waals surface area contributed by atoms with Gasteiger partial charge in [0, 0.05) is 0 Å². The standard InChI is InChI=1S/C11H16O3S/c1-2-3-4-9-14-10-5-7-11(8-6-10)15(12)13/h5-8,15H,2-4,9H2,1H3. The summed E-state index contributed by atoms with van der Waals surface area (Å²) in [7, 11) is -2.48. The van der Waals surface area contributed by atoms with Crippen molar-refractivity contribution in [1.29, 1.82) is 0 Å². The molecule has 1 rings (SSSR count). The second-order valence-corrected chi connectivity index (χ2v) is 4.34. The minimum atomic E-state index is -2.48. The van der Waals surface area contributed by atoms with Crippen LogP contribution < -0.4 is 4.74 Å². The molecule has 4 heteroatoms. The van der Waals surface area contributed by atoms with Crippen molar-refractivity contribution in [3.8, 4) is 5.75 Å². The number of thiol groups is 1. The van der Waals surface area contributed by atoms with Gasteiger partial charge in [-0.15, -0.1) is 0 Å². The molecular weight excluding hydrogens is 212 g/mol. The summed E-state index contributed by atoms with van der Waals surface area (Å²) < 4.78 is 26.7. The third kappa shape index (κ3) is 4.34. The van der Waals surface area contributed by atoms with Gasteiger partial charge >= 0.3 is 0 Å². The molecule has 0 saturated heterocycles. The molecule has 0 heterocycles. The van der Waals surface area contributed by atoms with Crippen LogP contribution in [0, 0.1) is 0 Å². The number of benzene rings is 1. The molecule has 3 nitrogen and oxygen atoms in total. The van der Waals surface area contributed by atoms with Crippen LogP contribution in [0.1, 0.15) is 26.2 Å². The zero-order chi connectivity index (χ0) is 11.1. The maximum Gasteiger partial charge on any atom is 0.168 e. The zero-order valence-corrected chi connectivity index (χ0v) is 9.70. The lowest BCUT2D eigenvalue weighted by molar-refractivity contribution is 0.306. The van der Waals surface area contributed by atoms with E-state index in [-0.39, 0.29) is 0 Å². The first-order valence-corrected chi connectivity index (χ1v) is 6.29. The van der Waals surface area contributed by atoms with Crippen LogP contribution in [-0.2, 0) is 10.7 Å². The number of ether oxygens (including phenoxy) is 1. The molecule has 0 radical (unpaired) electrons. The Bertz CT molecular complexity index is 347. The molecule has 0 aliphatic heterocycles. The smallest absolute Gasteiger partial charge is 0.168 e. The van der Waals surface area contributed by atoms with E-state index in [0.717, 1.165) is 18.6 Å². The van der Waals surface area contributed by atoms with Crippen LogP contribution in [0.3, 0.4) is 0 Å². The molecule has 0 N–H and O–H groups in total. The first-order valence-electron chi connectivity index (χ1n) is 5.11. The number of unbranched alkanes of at least 4 members (excludes halogenated alkanes) is 2. The van der Waals surface area contributed by atoms with Gasteiger partial charge in [-0.05, 0) is 30.7 Å². The molecule has 1 aromatic rings. The first-order chi connectivity index (χ1) is 7.24. The van der Waals surface area contributed by atoms with E-state index in [1.54, 1.807) is 24.3 Å². The third-order valence-electron chi connectivity index (χ3n) is 2.06. The predicted molar refractivity (Wildman–Crippen MR) is 60.0 cm³/mol. The first kappa shape index (κ1) is 12.0. The summed E-state index contributed by atoms with van der Waals surface area (Å²) in [5.41, 5.74) is 0. The molecule has 0 atom stereocenters. The summed E-state index contributed by atoms with van der Waals surface area (Å²) in [6, 6.07) is 6.49. The van der Waals surface area contributed by atoms with Gasteiger partial charge in [0.2, 0.25) is 0 Å². The summed E-state index contributed by atoms with van der Waals surface area (Å²) >= 11 is 0. The summed E-state index contributed by atoms with van der Waals surface area (Å²) in [4.78, 5) is 0.325. The molecule has 0 aliphatic rings. The fourth-order valence-corrected chi connectivity index (χ4v) is 1.60. The van der Waals surface area contributed by atoms with E-state index in [1.807, 2.05) is 0 Å². The van der Waals surface area contributed by atoms with E-state index < -0.39 is 10.7 Å². The van der Waals surface area contributed by atoms with E-state index in [1.165, 1.54) is 6.42 Å². The van der Waals surface area contributed by atoms with Gasteiger partial charge in [-0.3, -0.25) is 0 Å². The van der Waals surface area contributed by atoms with Gasteiger partial charge in [-0.1, -0.05) is 19.8 Å². The highest BCUT2D eigenvalue weighted by molar-refractivity contribution is 7.72. The van der Waals surface area contributed by atoms with Crippen LogP contribution >= 0.6 is 0 Å². The van der Waals surface area contributed by atoms with Crippen molar-refractivity contribution in [1.82, 2.24) is 0 Å². The SMILES string of the molecule is CCCCCOc1ccc([SH](=O)=O)cc1. The van der Waals surface area contributed by atoms with E-state index in [9.17, 15) is 8.42 Å². The molecular formula is C11H16O3S. The lowest BCUT2D eigenvalue weighted by Crippen LogP contribution is -1.96. The highest BCUT2D eigenvalue weighted by atomic mass is 32.2. The Hall–Kier alpha value is -1.03. The maximum atomic E-state index is 10.6. The highest BCUT2D eigenvalue weighted by Gasteiger charge is 1.96. The molecule has 1 aromatic carbocycles. The maximum absolute atomic E-state index is 10.6. The summed E-state index contributed by atoms with van der Waals surface area (Å²) in [6.45, 7) is 2.83. The normalized spacial score (nSPS) is 10.5. The summed E-state index contributed by atoms with van der Waals surface area (Å²) in [5, 5.41) is 0. The van der Waals surface area contributed by atoms with Crippen molar-refractivity contribution in [3.05, 3.63) is 24.3 Å². The number of hydrogen-bond acceptors (Lipinski definition) is 3. The van der Waals surface area contributed by atoms with E-state index >= 15 is 0 Å². The topological polar surface area (TPSA) is 43.4 Å². The lowest BCUT2D eigenvalue weighted by atomic mass is 10.3. The summed E-state index contributed by atoms with van der Waals surface area (Å²) in [6.07, 6.45) is 3.36. The van der Waals surface area contributed by atoms with Gasteiger partial charge in [0.1, 0.15) is 5.75 Å². The van der Waals surface area contributed by atoms with Crippen molar-refractivity contribution in [2.24, 2.45) is 0 Å². The predicted octanol–water partition coefficient (Wildman–Crippen LogP) is 2.23. The van der Waals surface area contributed by atoms with Crippen molar-refractivity contribution < 1.29 is 13.2 Å². The van der Waals surface area contributed by atoms with Crippen molar-refractivity contribution in [2.45, 2.75) is 31.1 Å². The molecule has 0 aromatic heterocycles. The van der Waals surface area contributed by atoms with Crippen molar-refractivity contribution >= 4 is 10.7 Å². The lowest BCUT2D eigenvalue weighted by Gasteiger charge is -2.04. The Morgan fingerprint density at radius 3 is 2.33 bits per heavy atom. The molecule has 0 bridgehead atoms. The molecule has 0 spiro atoms. The van der Waals surface area contributed by atoms with Gasteiger partial charge in [-0.25, -0.2) is 8.42 Å². The Morgan fingerprint density at radius 1 is 1.13 bits per heavy atom. The second-order valence-electron chi connectivity index (χ2n) is 3.31. The van der Waals surface area contributed by atoms with Crippen LogP contribution in [0.2, 0.25) is 0 Å². The van der Waals surface area contributed by atoms with Crippen LogP contribution in [0.5, 0.6) is 5.75 Å². The molecule has 0 saturated carbocycles. The third-order valence-corrected chi connectivity index (χ3v) is 2.78. The Labute approximate surface area is 92.0 Å². The summed E-state index contributed by atoms with van der Waals surface area (Å²) in [5.74, 6) is 0.728. The van der Waals surface area contributed by atoms with Gasteiger partial charge in [0.05, 0.1) is 11.5 Å². The van der Waals surface area contributed by atoms with Gasteiger partial charge in [-0.2, -0.15) is 0 Å². The average Bonchev–Trinajstić information content (AvgIpc) is 2.25. The quantitative estimate of drug-likeness (QED) is 0.599. The van der Waals surface area contributed by atoms with Crippen molar-refractivity contribution in [2.75, 3.05) is 6.61 Å². The van der Waals surface area contributed by atoms with Crippen molar-refractivity contribution in [3.63, 3.8) is 0 Å². The molecule has 0 aliphatic carbocycles. The molecule has 0 amide bonds. The van der Waals surface area contributed by atoms with E-state index in [2.05, 4.69) is 6.92 Å². The fourth-order valence-electron chi connectivity index (χ4n) is 1.21. The highest BCUT2D eigenvalue weighted by Crippen LogP contribution is 2.13. The molecule has 15 heavy (non-hydrogen) atoms.